The number of nitrogens with two attached hydrogens (primary N) is 1. The first kappa shape index (κ1) is 12.8. The summed E-state index contributed by atoms with van der Waals surface area (Å²) in [5, 5.41) is 1.14. The van der Waals surface area contributed by atoms with Gasteiger partial charge in [-0.15, -0.1) is 11.3 Å². The van der Waals surface area contributed by atoms with Crippen molar-refractivity contribution in [3.63, 3.8) is 0 Å². The fourth-order valence-electron chi connectivity index (χ4n) is 2.38. The second-order valence-corrected chi connectivity index (χ2v) is 5.93. The molecule has 0 spiro atoms. The summed E-state index contributed by atoms with van der Waals surface area (Å²) in [6, 6.07) is 0.527. The molecule has 1 fully saturated rings. The van der Waals surface area contributed by atoms with Gasteiger partial charge in [0.25, 0.3) is 0 Å². The van der Waals surface area contributed by atoms with Crippen LogP contribution in [0.25, 0.3) is 0 Å². The molecular weight excluding hydrogens is 232 g/mol. The highest BCUT2D eigenvalue weighted by Crippen LogP contribution is 2.28. The Morgan fingerprint density at radius 1 is 1.47 bits per heavy atom. The van der Waals surface area contributed by atoms with Gasteiger partial charge in [-0.1, -0.05) is 0 Å². The Kier molecular flexibility index (Phi) is 4.01. The molecule has 2 rings (SSSR count). The maximum atomic E-state index is 5.72. The largest absolute Gasteiger partial charge is 0.344 e. The molecule has 2 N–H and O–H groups in total. The quantitative estimate of drug-likeness (QED) is 0.867. The smallest absolute Gasteiger partial charge is 0.186 e. The topological polar surface area (TPSA) is 45.4 Å². The van der Waals surface area contributed by atoms with E-state index in [0.717, 1.165) is 23.9 Å². The third kappa shape index (κ3) is 2.78. The summed E-state index contributed by atoms with van der Waals surface area (Å²) in [7, 11) is 2.19. The molecule has 0 amide bonds. The van der Waals surface area contributed by atoms with Crippen molar-refractivity contribution in [2.75, 3.05) is 31.6 Å². The summed E-state index contributed by atoms with van der Waals surface area (Å²) in [5.74, 6) is 0. The third-order valence-electron chi connectivity index (χ3n) is 3.36. The van der Waals surface area contributed by atoms with Gasteiger partial charge in [0, 0.05) is 30.6 Å². The summed E-state index contributed by atoms with van der Waals surface area (Å²) in [6.07, 6.45) is 1.21. The summed E-state index contributed by atoms with van der Waals surface area (Å²) < 4.78 is 0. The van der Waals surface area contributed by atoms with Crippen LogP contribution in [0.5, 0.6) is 0 Å². The number of anilines is 1. The molecule has 2 heterocycles. The molecule has 17 heavy (non-hydrogen) atoms. The van der Waals surface area contributed by atoms with E-state index in [1.807, 2.05) is 0 Å². The van der Waals surface area contributed by atoms with Gasteiger partial charge in [0.15, 0.2) is 5.13 Å². The molecular formula is C12H22N4S. The van der Waals surface area contributed by atoms with Crippen LogP contribution < -0.4 is 10.6 Å². The highest BCUT2D eigenvalue weighted by molar-refractivity contribution is 7.15. The van der Waals surface area contributed by atoms with Crippen LogP contribution in [0, 0.1) is 6.92 Å². The van der Waals surface area contributed by atoms with E-state index in [4.69, 9.17) is 5.73 Å². The molecule has 1 aromatic heterocycles. The van der Waals surface area contributed by atoms with Gasteiger partial charge in [-0.3, -0.25) is 0 Å². The van der Waals surface area contributed by atoms with Gasteiger partial charge >= 0.3 is 0 Å². The van der Waals surface area contributed by atoms with Gasteiger partial charge in [-0.05, 0) is 33.9 Å². The number of nitrogens with zero attached hydrogens (tertiary/aromatic N) is 3. The number of hydrogen-bond acceptors (Lipinski definition) is 5. The van der Waals surface area contributed by atoms with Crippen molar-refractivity contribution in [3.8, 4) is 0 Å². The lowest BCUT2D eigenvalue weighted by molar-refractivity contribution is 0.337. The van der Waals surface area contributed by atoms with E-state index in [-0.39, 0.29) is 0 Å². The van der Waals surface area contributed by atoms with Gasteiger partial charge in [-0.2, -0.15) is 0 Å². The predicted molar refractivity (Wildman–Crippen MR) is 73.7 cm³/mol. The van der Waals surface area contributed by atoms with E-state index in [9.17, 15) is 0 Å². The average molecular weight is 254 g/mol. The van der Waals surface area contributed by atoms with E-state index < -0.39 is 0 Å². The average Bonchev–Trinajstić information content (AvgIpc) is 2.56. The molecule has 0 radical (unpaired) electrons. The van der Waals surface area contributed by atoms with Gasteiger partial charge < -0.3 is 15.5 Å². The zero-order valence-corrected chi connectivity index (χ0v) is 11.8. The maximum absolute atomic E-state index is 5.72. The van der Waals surface area contributed by atoms with E-state index in [1.54, 1.807) is 11.3 Å². The van der Waals surface area contributed by atoms with E-state index in [2.05, 4.69) is 35.7 Å². The van der Waals surface area contributed by atoms with E-state index in [1.165, 1.54) is 17.8 Å². The van der Waals surface area contributed by atoms with Gasteiger partial charge in [0.05, 0.1) is 5.69 Å². The lowest BCUT2D eigenvalue weighted by Crippen LogP contribution is -2.37. The molecule has 1 aliphatic heterocycles. The van der Waals surface area contributed by atoms with Gasteiger partial charge in [-0.25, -0.2) is 4.98 Å². The van der Waals surface area contributed by atoms with Crippen molar-refractivity contribution in [1.29, 1.82) is 0 Å². The number of aryl methyl sites for hydroxylation is 1. The standard InChI is InChI=1S/C12H22N4S/c1-9-8-15(3)5-4-6-16(9)12-14-10(2)11(7-13)17-12/h9H,4-8,13H2,1-3H3. The minimum absolute atomic E-state index is 0.527. The molecule has 0 bridgehead atoms. The maximum Gasteiger partial charge on any atom is 0.186 e. The molecule has 4 nitrogen and oxygen atoms in total. The Balaban J connectivity index is 2.19. The van der Waals surface area contributed by atoms with Crippen molar-refractivity contribution in [2.45, 2.75) is 32.9 Å². The molecule has 1 atom stereocenters. The number of thiazole rings is 1. The second kappa shape index (κ2) is 5.33. The van der Waals surface area contributed by atoms with Crippen molar-refractivity contribution in [1.82, 2.24) is 9.88 Å². The third-order valence-corrected chi connectivity index (χ3v) is 4.58. The minimum Gasteiger partial charge on any atom is -0.344 e. The van der Waals surface area contributed by atoms with E-state index >= 15 is 0 Å². The number of likely N-dealkylation sites (N-methyl/N-ethyl adjacent to an activating group) is 1. The zero-order valence-electron chi connectivity index (χ0n) is 10.9. The molecule has 0 aliphatic carbocycles. The van der Waals surface area contributed by atoms with Crippen LogP contribution in [0.1, 0.15) is 23.9 Å². The van der Waals surface area contributed by atoms with Crippen LogP contribution in [0.4, 0.5) is 5.13 Å². The summed E-state index contributed by atoms with van der Waals surface area (Å²) in [6.45, 7) is 8.32. The van der Waals surface area contributed by atoms with Crippen molar-refractivity contribution in [2.24, 2.45) is 5.73 Å². The molecule has 1 aromatic rings. The van der Waals surface area contributed by atoms with Crippen LogP contribution in [-0.4, -0.2) is 42.6 Å². The summed E-state index contributed by atoms with van der Waals surface area (Å²) >= 11 is 1.75. The summed E-state index contributed by atoms with van der Waals surface area (Å²) in [5.41, 5.74) is 6.82. The Bertz CT molecular complexity index is 377. The van der Waals surface area contributed by atoms with Crippen LogP contribution in [-0.2, 0) is 6.54 Å². The summed E-state index contributed by atoms with van der Waals surface area (Å²) in [4.78, 5) is 10.7. The van der Waals surface area contributed by atoms with Gasteiger partial charge in [0.2, 0.25) is 0 Å². The van der Waals surface area contributed by atoms with Gasteiger partial charge in [0.1, 0.15) is 0 Å². The van der Waals surface area contributed by atoms with Crippen molar-refractivity contribution in [3.05, 3.63) is 10.6 Å². The molecule has 0 saturated carbocycles. The Hall–Kier alpha value is -0.650. The first-order valence-electron chi connectivity index (χ1n) is 6.23. The lowest BCUT2D eigenvalue weighted by Gasteiger charge is -2.27. The Labute approximate surface area is 107 Å². The molecule has 5 heteroatoms. The minimum atomic E-state index is 0.527. The van der Waals surface area contributed by atoms with Crippen LogP contribution in [0.3, 0.4) is 0 Å². The SMILES string of the molecule is Cc1nc(N2CCCN(C)CC2C)sc1CN. The fourth-order valence-corrected chi connectivity index (χ4v) is 3.45. The van der Waals surface area contributed by atoms with Crippen LogP contribution >= 0.6 is 11.3 Å². The van der Waals surface area contributed by atoms with Crippen molar-refractivity contribution >= 4 is 16.5 Å². The highest BCUT2D eigenvalue weighted by atomic mass is 32.1. The first-order chi connectivity index (χ1) is 8.11. The van der Waals surface area contributed by atoms with E-state index in [0.29, 0.717) is 12.6 Å². The molecule has 0 aromatic carbocycles. The normalized spacial score (nSPS) is 22.8. The number of aromatic nitrogens is 1. The fraction of sp³-hybridized carbons (Fsp3) is 0.750. The Morgan fingerprint density at radius 2 is 2.24 bits per heavy atom. The first-order valence-corrected chi connectivity index (χ1v) is 7.05. The Morgan fingerprint density at radius 3 is 2.88 bits per heavy atom. The highest BCUT2D eigenvalue weighted by Gasteiger charge is 2.22. The molecule has 96 valence electrons. The second-order valence-electron chi connectivity index (χ2n) is 4.87. The lowest BCUT2D eigenvalue weighted by atomic mass is 10.3. The number of hydrogen-bond donors (Lipinski definition) is 1. The monoisotopic (exact) mass is 254 g/mol. The zero-order chi connectivity index (χ0) is 12.4. The van der Waals surface area contributed by atoms with Crippen LogP contribution in [0.15, 0.2) is 0 Å². The molecule has 1 aliphatic rings. The van der Waals surface area contributed by atoms with Crippen LogP contribution in [0.2, 0.25) is 0 Å². The molecule has 1 unspecified atom stereocenters. The predicted octanol–water partition coefficient (Wildman–Crippen LogP) is 1.44. The molecule has 1 saturated heterocycles. The number of rotatable bonds is 2. The van der Waals surface area contributed by atoms with Crippen molar-refractivity contribution < 1.29 is 0 Å².